The molecule has 1 heterocycles. The molecule has 4 N–H and O–H groups in total. The van der Waals surface area contributed by atoms with Crippen molar-refractivity contribution in [2.45, 2.75) is 177 Å². The summed E-state index contributed by atoms with van der Waals surface area (Å²) in [6.07, 6.45) is 1.58. The van der Waals surface area contributed by atoms with Crippen LogP contribution < -0.4 is 9.47 Å². The lowest BCUT2D eigenvalue weighted by atomic mass is 9.70. The van der Waals surface area contributed by atoms with E-state index in [-0.39, 0.29) is 41.0 Å². The number of ether oxygens (including phenoxy) is 4. The fourth-order valence-electron chi connectivity index (χ4n) is 8.88. The molecule has 1 fully saturated rings. The molecule has 0 amide bonds. The van der Waals surface area contributed by atoms with Gasteiger partial charge in [0.05, 0.1) is 13.2 Å². The van der Waals surface area contributed by atoms with E-state index in [1.54, 1.807) is 0 Å². The Bertz CT molecular complexity index is 2440. The number of benzene rings is 4. The number of aliphatic hydroxyl groups is 4. The summed E-state index contributed by atoms with van der Waals surface area (Å²) < 4.78 is 23.3. The second kappa shape index (κ2) is 24.0. The number of rotatable bonds is 15. The Morgan fingerprint density at radius 1 is 0.594 bits per heavy atom. The van der Waals surface area contributed by atoms with Gasteiger partial charge < -0.3 is 39.4 Å². The Kier molecular flexibility index (Phi) is 19.8. The molecule has 0 radical (unpaired) electrons. The normalized spacial score (nSPS) is 16.2. The Hall–Kier alpha value is -4.64. The van der Waals surface area contributed by atoms with Crippen LogP contribution in [0.1, 0.15) is 164 Å². The van der Waals surface area contributed by atoms with E-state index in [2.05, 4.69) is 139 Å². The largest absolute Gasteiger partial charge is 0.491 e. The zero-order valence-corrected chi connectivity index (χ0v) is 44.8. The highest BCUT2D eigenvalue weighted by Crippen LogP contribution is 2.42. The van der Waals surface area contributed by atoms with Crippen molar-refractivity contribution in [2.75, 3.05) is 26.4 Å². The smallest absolute Gasteiger partial charge is 0.163 e. The molecule has 69 heavy (non-hydrogen) atoms. The molecular weight excluding hydrogens is 861 g/mol. The van der Waals surface area contributed by atoms with Gasteiger partial charge in [0, 0.05) is 22.0 Å². The van der Waals surface area contributed by atoms with Gasteiger partial charge in [-0.1, -0.05) is 141 Å². The Morgan fingerprint density at radius 3 is 1.29 bits per heavy atom. The van der Waals surface area contributed by atoms with Gasteiger partial charge in [0.2, 0.25) is 0 Å². The maximum absolute atomic E-state index is 10.3. The summed E-state index contributed by atoms with van der Waals surface area (Å²) >= 11 is 0. The summed E-state index contributed by atoms with van der Waals surface area (Å²) in [6.45, 7) is 33.8. The van der Waals surface area contributed by atoms with Crippen molar-refractivity contribution in [2.24, 2.45) is 10.8 Å². The monoisotopic (exact) mass is 945 g/mol. The number of hydrogen-bond donors (Lipinski definition) is 4. The summed E-state index contributed by atoms with van der Waals surface area (Å²) in [5.74, 6) is 13.4. The first kappa shape index (κ1) is 56.9. The predicted molar refractivity (Wildman–Crippen MR) is 281 cm³/mol. The first-order chi connectivity index (χ1) is 32.3. The van der Waals surface area contributed by atoms with Crippen LogP contribution in [0.3, 0.4) is 0 Å². The third kappa shape index (κ3) is 14.5. The maximum Gasteiger partial charge on any atom is 0.163 e. The molecule has 1 aliphatic rings. The fraction of sp³-hybridized carbons (Fsp3) is 0.541. The van der Waals surface area contributed by atoms with Gasteiger partial charge >= 0.3 is 0 Å². The zero-order chi connectivity index (χ0) is 51.5. The van der Waals surface area contributed by atoms with E-state index in [4.69, 9.17) is 24.1 Å². The molecule has 376 valence electrons. The maximum atomic E-state index is 10.3. The highest BCUT2D eigenvalue weighted by atomic mass is 16.7. The zero-order valence-electron chi connectivity index (χ0n) is 44.8. The molecular formula is C61H84O8. The molecule has 1 saturated heterocycles. The van der Waals surface area contributed by atoms with E-state index in [0.29, 0.717) is 19.0 Å². The van der Waals surface area contributed by atoms with Crippen molar-refractivity contribution in [3.8, 4) is 35.2 Å². The summed E-state index contributed by atoms with van der Waals surface area (Å²) in [4.78, 5) is 0. The van der Waals surface area contributed by atoms with Gasteiger partial charge in [0.25, 0.3) is 0 Å². The minimum atomic E-state index is -0.886. The Morgan fingerprint density at radius 2 is 0.971 bits per heavy atom. The van der Waals surface area contributed by atoms with Gasteiger partial charge in [0.15, 0.2) is 5.79 Å². The van der Waals surface area contributed by atoms with Crippen LogP contribution in [-0.2, 0) is 20.3 Å². The summed E-state index contributed by atoms with van der Waals surface area (Å²) in [5.41, 5.74) is 10.5. The van der Waals surface area contributed by atoms with Crippen LogP contribution >= 0.6 is 0 Å². The van der Waals surface area contributed by atoms with Gasteiger partial charge in [-0.15, -0.1) is 0 Å². The van der Waals surface area contributed by atoms with Gasteiger partial charge in [-0.2, -0.15) is 0 Å². The van der Waals surface area contributed by atoms with Crippen LogP contribution in [0.25, 0.3) is 0 Å². The third-order valence-electron chi connectivity index (χ3n) is 13.9. The van der Waals surface area contributed by atoms with E-state index in [1.807, 2.05) is 68.4 Å². The van der Waals surface area contributed by atoms with Crippen LogP contribution in [0.2, 0.25) is 0 Å². The van der Waals surface area contributed by atoms with E-state index in [0.717, 1.165) is 64.8 Å². The molecule has 4 aromatic rings. The van der Waals surface area contributed by atoms with E-state index >= 15 is 0 Å². The molecule has 2 unspecified atom stereocenters. The van der Waals surface area contributed by atoms with Crippen molar-refractivity contribution in [1.29, 1.82) is 0 Å². The summed E-state index contributed by atoms with van der Waals surface area (Å²) in [6, 6.07) is 25.8. The average Bonchev–Trinajstić information content (AvgIpc) is 3.66. The number of aliphatic hydroxyl groups excluding tert-OH is 4. The highest BCUT2D eigenvalue weighted by Gasteiger charge is 2.35. The molecule has 4 atom stereocenters. The lowest BCUT2D eigenvalue weighted by molar-refractivity contribution is -0.141. The molecule has 0 aromatic heterocycles. The lowest BCUT2D eigenvalue weighted by Gasteiger charge is -2.34. The average molecular weight is 945 g/mol. The SMILES string of the molecule is CCC(CC)(c1ccc(C#CC(O)C(C)(C)C)c(C)c1)c1ccc(OC[C@@H](O)CO)c(C)c1.CCC(CC)(c1ccc(C#CC(O)C(C)(C)C)c(C)c1)c1ccc(OC[C@@H]2COC(C)(C)O2)c(C)c1. The molecule has 1 aliphatic heterocycles. The molecule has 4 aromatic carbocycles. The van der Waals surface area contributed by atoms with Crippen LogP contribution in [-0.4, -0.2) is 77.1 Å². The molecule has 0 spiro atoms. The van der Waals surface area contributed by atoms with Gasteiger partial charge in [-0.25, -0.2) is 0 Å². The molecule has 8 heteroatoms. The van der Waals surface area contributed by atoms with E-state index in [9.17, 15) is 15.3 Å². The first-order valence-corrected chi connectivity index (χ1v) is 25.0. The molecule has 0 saturated carbocycles. The van der Waals surface area contributed by atoms with Crippen LogP contribution in [0.4, 0.5) is 0 Å². The van der Waals surface area contributed by atoms with Crippen LogP contribution in [0.5, 0.6) is 11.5 Å². The van der Waals surface area contributed by atoms with Crippen molar-refractivity contribution in [3.63, 3.8) is 0 Å². The van der Waals surface area contributed by atoms with Crippen molar-refractivity contribution >= 4 is 0 Å². The molecule has 0 aliphatic carbocycles. The Labute approximate surface area is 416 Å². The first-order valence-electron chi connectivity index (χ1n) is 25.0. The molecule has 8 nitrogen and oxygen atoms in total. The van der Waals surface area contributed by atoms with Crippen LogP contribution in [0, 0.1) is 62.2 Å². The van der Waals surface area contributed by atoms with E-state index in [1.165, 1.54) is 22.3 Å². The molecule has 0 bridgehead atoms. The van der Waals surface area contributed by atoms with E-state index < -0.39 is 24.1 Å². The second-order valence-electron chi connectivity index (χ2n) is 21.6. The van der Waals surface area contributed by atoms with Gasteiger partial charge in [0.1, 0.15) is 49.1 Å². The number of hydrogen-bond acceptors (Lipinski definition) is 8. The van der Waals surface area contributed by atoms with Gasteiger partial charge in [-0.05, 0) is 147 Å². The quantitative estimate of drug-likeness (QED) is 0.0871. The summed E-state index contributed by atoms with van der Waals surface area (Å²) in [5, 5.41) is 39.2. The predicted octanol–water partition coefficient (Wildman–Crippen LogP) is 11.6. The Balaban J connectivity index is 0.000000302. The topological polar surface area (TPSA) is 118 Å². The minimum absolute atomic E-state index is 0.0569. The standard InChI is InChI=1S/C32H44O4.C29H40O4/c1-10-32(11-2,25-14-12-24(22(3)18-25)13-17-29(33)30(5,6)7)26-15-16-28(23(4)19-26)34-20-27-21-35-31(8,9)36-27;1-8-29(9-2,24-13-14-26(21(4)17-24)33-19-25(31)18-30)23-12-10-22(20(3)16-23)11-15-27(32)28(5,6)7/h12,14-16,18-19,27,29,33H,10-11,20-21H2,1-9H3;10,12-14,16-17,25,27,30-32H,8-9,18-19H2,1-7H3/t27-,29?;25-,27?/m10/s1. The van der Waals surface area contributed by atoms with Crippen LogP contribution in [0.15, 0.2) is 72.8 Å². The van der Waals surface area contributed by atoms with Crippen molar-refractivity contribution in [1.82, 2.24) is 0 Å². The summed E-state index contributed by atoms with van der Waals surface area (Å²) in [7, 11) is 0. The minimum Gasteiger partial charge on any atom is -0.491 e. The van der Waals surface area contributed by atoms with Gasteiger partial charge in [-0.3, -0.25) is 0 Å². The van der Waals surface area contributed by atoms with Crippen molar-refractivity contribution < 1.29 is 39.4 Å². The molecule has 5 rings (SSSR count). The lowest BCUT2D eigenvalue weighted by Crippen LogP contribution is -2.27. The highest BCUT2D eigenvalue weighted by molar-refractivity contribution is 5.52. The van der Waals surface area contributed by atoms with Crippen molar-refractivity contribution in [3.05, 3.63) is 128 Å². The fourth-order valence-corrected chi connectivity index (χ4v) is 8.88. The second-order valence-corrected chi connectivity index (χ2v) is 21.6. The number of aryl methyl sites for hydroxylation is 4. The third-order valence-corrected chi connectivity index (χ3v) is 13.9.